The molecule has 53 heavy (non-hydrogen) atoms. The second-order valence-corrected chi connectivity index (χ2v) is 13.6. The van der Waals surface area contributed by atoms with Crippen LogP contribution in [-0.2, 0) is 0 Å². The zero-order chi connectivity index (χ0) is 36.7. The first-order valence-corrected chi connectivity index (χ1v) is 18.3. The molecule has 0 unspecified atom stereocenters. The van der Waals surface area contributed by atoms with Gasteiger partial charge in [0.05, 0.1) is 23.1 Å². The van der Waals surface area contributed by atoms with E-state index < -0.39 is 0 Å². The summed E-state index contributed by atoms with van der Waals surface area (Å²) in [7, 11) is 0. The van der Waals surface area contributed by atoms with Crippen LogP contribution >= 0.6 is 11.3 Å². The van der Waals surface area contributed by atoms with Gasteiger partial charge in [0, 0.05) is 71.5 Å². The maximum Gasteiger partial charge on any atom is 0.257 e. The number of thiophene rings is 1. The fraction of sp³-hybridized carbons (Fsp3) is 0.171. The van der Waals surface area contributed by atoms with Gasteiger partial charge in [0.1, 0.15) is 0 Å². The molecule has 7 rings (SSSR count). The number of carbonyl (C=O) groups is 3. The fourth-order valence-corrected chi connectivity index (χ4v) is 6.77. The van der Waals surface area contributed by atoms with E-state index in [2.05, 4.69) is 37.7 Å². The standard InChI is InChI=1S/C41H38N8O3S/c1-3-48-18-20-49(21-19-48)40(52)31-13-7-28(8-14-31)35-16-17-43-41(46-35)47-36-24-33(15-6-27(36)2)44-39(51)32-23-34(26-42-25-32)45-38(50)30-11-9-29(10-12-30)37-5-4-22-53-37/h4-17,22-26H,3,18-21H2,1-2H3,(H,44,51)(H,45,50)(H,43,46,47). The van der Waals surface area contributed by atoms with E-state index in [9.17, 15) is 14.4 Å². The summed E-state index contributed by atoms with van der Waals surface area (Å²) in [5.41, 5.74) is 6.64. The number of nitrogens with zero attached hydrogens (tertiary/aromatic N) is 5. The molecule has 1 aliphatic heterocycles. The lowest BCUT2D eigenvalue weighted by Crippen LogP contribution is -2.48. The molecule has 3 amide bonds. The van der Waals surface area contributed by atoms with Crippen molar-refractivity contribution in [2.45, 2.75) is 13.8 Å². The number of piperazine rings is 1. The summed E-state index contributed by atoms with van der Waals surface area (Å²) in [6, 6.07) is 27.8. The lowest BCUT2D eigenvalue weighted by Gasteiger charge is -2.34. The van der Waals surface area contributed by atoms with Crippen LogP contribution in [0.3, 0.4) is 0 Å². The van der Waals surface area contributed by atoms with Gasteiger partial charge in [-0.3, -0.25) is 19.4 Å². The predicted molar refractivity (Wildman–Crippen MR) is 210 cm³/mol. The van der Waals surface area contributed by atoms with Gasteiger partial charge in [0.25, 0.3) is 17.7 Å². The minimum atomic E-state index is -0.382. The largest absolute Gasteiger partial charge is 0.336 e. The average Bonchev–Trinajstić information content (AvgIpc) is 3.75. The van der Waals surface area contributed by atoms with Crippen molar-refractivity contribution in [3.8, 4) is 21.7 Å². The number of benzene rings is 3. The number of hydrogen-bond donors (Lipinski definition) is 3. The van der Waals surface area contributed by atoms with E-state index in [0.717, 1.165) is 54.3 Å². The van der Waals surface area contributed by atoms with Crippen molar-refractivity contribution in [2.75, 3.05) is 48.7 Å². The smallest absolute Gasteiger partial charge is 0.257 e. The number of aromatic nitrogens is 3. The van der Waals surface area contributed by atoms with Crippen molar-refractivity contribution in [1.82, 2.24) is 24.8 Å². The summed E-state index contributed by atoms with van der Waals surface area (Å²) in [6.45, 7) is 8.34. The van der Waals surface area contributed by atoms with Crippen molar-refractivity contribution in [1.29, 1.82) is 0 Å². The number of carbonyl (C=O) groups excluding carboxylic acids is 3. The van der Waals surface area contributed by atoms with Crippen LogP contribution in [0.1, 0.15) is 43.6 Å². The van der Waals surface area contributed by atoms with E-state index in [1.54, 1.807) is 41.8 Å². The van der Waals surface area contributed by atoms with E-state index in [4.69, 9.17) is 4.98 Å². The van der Waals surface area contributed by atoms with Crippen LogP contribution in [0.15, 0.2) is 115 Å². The first-order chi connectivity index (χ1) is 25.8. The van der Waals surface area contributed by atoms with Crippen molar-refractivity contribution < 1.29 is 14.4 Å². The van der Waals surface area contributed by atoms with Crippen LogP contribution in [-0.4, -0.2) is 75.2 Å². The van der Waals surface area contributed by atoms with Gasteiger partial charge < -0.3 is 25.8 Å². The fourth-order valence-electron chi connectivity index (χ4n) is 6.04. The van der Waals surface area contributed by atoms with Crippen LogP contribution in [0.25, 0.3) is 21.7 Å². The Morgan fingerprint density at radius 2 is 1.47 bits per heavy atom. The Bertz CT molecular complexity index is 2230. The molecule has 1 aliphatic rings. The van der Waals surface area contributed by atoms with Crippen molar-refractivity contribution in [2.24, 2.45) is 0 Å². The Kier molecular flexibility index (Phi) is 10.6. The van der Waals surface area contributed by atoms with Crippen LogP contribution in [0.4, 0.5) is 23.0 Å². The molecular weight excluding hydrogens is 685 g/mol. The molecule has 12 heteroatoms. The highest BCUT2D eigenvalue weighted by Gasteiger charge is 2.21. The maximum atomic E-state index is 13.3. The molecule has 11 nitrogen and oxygen atoms in total. The van der Waals surface area contributed by atoms with Gasteiger partial charge in [0.15, 0.2) is 0 Å². The average molecular weight is 723 g/mol. The summed E-state index contributed by atoms with van der Waals surface area (Å²) in [5.74, 6) is -0.252. The molecule has 1 fully saturated rings. The highest BCUT2D eigenvalue weighted by molar-refractivity contribution is 7.13. The lowest BCUT2D eigenvalue weighted by atomic mass is 10.1. The van der Waals surface area contributed by atoms with E-state index in [0.29, 0.717) is 39.8 Å². The number of hydrogen-bond acceptors (Lipinski definition) is 9. The highest BCUT2D eigenvalue weighted by atomic mass is 32.1. The minimum Gasteiger partial charge on any atom is -0.336 e. The first kappa shape index (κ1) is 35.2. The minimum absolute atomic E-state index is 0.0438. The third-order valence-electron chi connectivity index (χ3n) is 9.14. The molecule has 0 bridgehead atoms. The van der Waals surface area contributed by atoms with Crippen LogP contribution < -0.4 is 16.0 Å². The third-order valence-corrected chi connectivity index (χ3v) is 10.1. The number of nitrogens with one attached hydrogen (secondary N) is 3. The Balaban J connectivity index is 0.979. The highest BCUT2D eigenvalue weighted by Crippen LogP contribution is 2.27. The summed E-state index contributed by atoms with van der Waals surface area (Å²) < 4.78 is 0. The summed E-state index contributed by atoms with van der Waals surface area (Å²) in [5, 5.41) is 11.0. The number of pyridine rings is 1. The normalized spacial score (nSPS) is 13.0. The second kappa shape index (κ2) is 16.0. The summed E-state index contributed by atoms with van der Waals surface area (Å²) in [4.78, 5) is 58.0. The van der Waals surface area contributed by atoms with Crippen molar-refractivity contribution in [3.63, 3.8) is 0 Å². The molecule has 3 aromatic heterocycles. The molecule has 0 atom stereocenters. The Morgan fingerprint density at radius 3 is 2.21 bits per heavy atom. The van der Waals surface area contributed by atoms with E-state index in [1.807, 2.05) is 83.9 Å². The Morgan fingerprint density at radius 1 is 0.755 bits per heavy atom. The Labute approximate surface area is 311 Å². The molecular formula is C41H38N8O3S. The van der Waals surface area contributed by atoms with Gasteiger partial charge in [-0.15, -0.1) is 11.3 Å². The molecule has 4 heterocycles. The topological polar surface area (TPSA) is 132 Å². The molecule has 0 aliphatic carbocycles. The molecule has 3 aromatic carbocycles. The van der Waals surface area contributed by atoms with Crippen LogP contribution in [0, 0.1) is 6.92 Å². The van der Waals surface area contributed by atoms with E-state index in [-0.39, 0.29) is 23.3 Å². The van der Waals surface area contributed by atoms with E-state index in [1.165, 1.54) is 12.4 Å². The predicted octanol–water partition coefficient (Wildman–Crippen LogP) is 7.60. The molecule has 3 N–H and O–H groups in total. The van der Waals surface area contributed by atoms with Gasteiger partial charge in [-0.2, -0.15) is 0 Å². The number of rotatable bonds is 10. The zero-order valence-corrected chi connectivity index (χ0v) is 30.2. The van der Waals surface area contributed by atoms with Crippen LogP contribution in [0.5, 0.6) is 0 Å². The van der Waals surface area contributed by atoms with E-state index >= 15 is 0 Å². The molecule has 1 saturated heterocycles. The number of likely N-dealkylation sites (N-methyl/N-ethyl adjacent to an activating group) is 1. The van der Waals surface area contributed by atoms with Gasteiger partial charge >= 0.3 is 0 Å². The van der Waals surface area contributed by atoms with Gasteiger partial charge in [0.2, 0.25) is 5.95 Å². The number of amides is 3. The van der Waals surface area contributed by atoms with Crippen LogP contribution in [0.2, 0.25) is 0 Å². The summed E-state index contributed by atoms with van der Waals surface area (Å²) >= 11 is 1.64. The van der Waals surface area contributed by atoms with Crippen molar-refractivity contribution >= 4 is 52.1 Å². The molecule has 0 spiro atoms. The quantitative estimate of drug-likeness (QED) is 0.132. The summed E-state index contributed by atoms with van der Waals surface area (Å²) in [6.07, 6.45) is 4.63. The number of anilines is 4. The number of aryl methyl sites for hydroxylation is 1. The lowest BCUT2D eigenvalue weighted by molar-refractivity contribution is 0.0643. The Hall–Kier alpha value is -6.24. The molecule has 6 aromatic rings. The van der Waals surface area contributed by atoms with Gasteiger partial charge in [-0.25, -0.2) is 9.97 Å². The maximum absolute atomic E-state index is 13.3. The van der Waals surface area contributed by atoms with Crippen molar-refractivity contribution in [3.05, 3.63) is 137 Å². The SMILES string of the molecule is CCN1CCN(C(=O)c2ccc(-c3ccnc(Nc4cc(NC(=O)c5cncc(NC(=O)c6ccc(-c7cccs7)cc6)c5)ccc4C)n3)cc2)CC1. The first-order valence-electron chi connectivity index (χ1n) is 17.4. The monoisotopic (exact) mass is 722 g/mol. The molecule has 0 radical (unpaired) electrons. The molecule has 0 saturated carbocycles. The molecule has 266 valence electrons. The zero-order valence-electron chi connectivity index (χ0n) is 29.4. The third kappa shape index (κ3) is 8.46. The van der Waals surface area contributed by atoms with Gasteiger partial charge in [-0.1, -0.05) is 43.3 Å². The second-order valence-electron chi connectivity index (χ2n) is 12.6. The van der Waals surface area contributed by atoms with Gasteiger partial charge in [-0.05, 0) is 84.6 Å².